The molecule has 0 aliphatic carbocycles. The first-order valence-corrected chi connectivity index (χ1v) is 16.8. The van der Waals surface area contributed by atoms with Crippen LogP contribution in [0.5, 0.6) is 0 Å². The zero-order chi connectivity index (χ0) is 25.8. The van der Waals surface area contributed by atoms with Gasteiger partial charge in [0.2, 0.25) is 0 Å². The fourth-order valence-corrected chi connectivity index (χ4v) is 5.46. The van der Waals surface area contributed by atoms with Crippen molar-refractivity contribution >= 4 is 0 Å². The molecule has 0 bridgehead atoms. The lowest BCUT2D eigenvalue weighted by molar-refractivity contribution is -0.697. The smallest absolute Gasteiger partial charge is 0.169 e. The molecule has 0 aromatic carbocycles. The summed E-state index contributed by atoms with van der Waals surface area (Å²) in [5.74, 6) is 0. The molecule has 0 aliphatic heterocycles. The third-order valence-electron chi connectivity index (χ3n) is 8.05. The highest BCUT2D eigenvalue weighted by molar-refractivity contribution is 5.07. The maximum Gasteiger partial charge on any atom is 0.169 e. The molecule has 1 nitrogen and oxygen atoms in total. The van der Waals surface area contributed by atoms with E-state index in [1.807, 2.05) is 0 Å². The van der Waals surface area contributed by atoms with Gasteiger partial charge in [-0.25, -0.2) is 4.57 Å². The number of unbranched alkanes of at least 4 members (excludes halogenated alkanes) is 24. The first-order chi connectivity index (χ1) is 17.9. The highest BCUT2D eigenvalue weighted by atomic mass is 14.9. The van der Waals surface area contributed by atoms with Gasteiger partial charge in [0, 0.05) is 18.6 Å². The first kappa shape index (κ1) is 33.2. The van der Waals surface area contributed by atoms with Crippen molar-refractivity contribution in [3.05, 3.63) is 30.1 Å². The van der Waals surface area contributed by atoms with Crippen LogP contribution < -0.4 is 4.57 Å². The van der Waals surface area contributed by atoms with E-state index >= 15 is 0 Å². The molecular formula is C35H66N+. The summed E-state index contributed by atoms with van der Waals surface area (Å²) in [6, 6.07) is 4.72. The van der Waals surface area contributed by atoms with Gasteiger partial charge in [-0.3, -0.25) is 0 Å². The van der Waals surface area contributed by atoms with Crippen LogP contribution in [0.15, 0.2) is 24.5 Å². The van der Waals surface area contributed by atoms with Crippen molar-refractivity contribution in [2.24, 2.45) is 0 Å². The van der Waals surface area contributed by atoms with E-state index in [0.717, 1.165) is 0 Å². The van der Waals surface area contributed by atoms with Crippen LogP contribution in [0.2, 0.25) is 0 Å². The second-order valence-corrected chi connectivity index (χ2v) is 11.7. The SMILES string of the molecule is CCCCCCCCCCCCCCCCCC[n+]1ccc(CCCCCCCCCCCC)cc1. The average molecular weight is 501 g/mol. The molecule has 1 rings (SSSR count). The van der Waals surface area contributed by atoms with Crippen LogP contribution in [-0.4, -0.2) is 0 Å². The fraction of sp³-hybridized carbons (Fsp3) is 0.857. The Morgan fingerprint density at radius 1 is 0.389 bits per heavy atom. The van der Waals surface area contributed by atoms with Crippen LogP contribution in [0.25, 0.3) is 0 Å². The summed E-state index contributed by atoms with van der Waals surface area (Å²) < 4.78 is 2.39. The van der Waals surface area contributed by atoms with Gasteiger partial charge in [-0.15, -0.1) is 0 Å². The van der Waals surface area contributed by atoms with E-state index in [2.05, 4.69) is 42.9 Å². The van der Waals surface area contributed by atoms with Gasteiger partial charge < -0.3 is 0 Å². The van der Waals surface area contributed by atoms with E-state index in [0.29, 0.717) is 0 Å². The molecule has 0 unspecified atom stereocenters. The Balaban J connectivity index is 1.84. The molecule has 0 atom stereocenters. The molecule has 0 radical (unpaired) electrons. The molecule has 36 heavy (non-hydrogen) atoms. The second kappa shape index (κ2) is 27.2. The van der Waals surface area contributed by atoms with Crippen LogP contribution in [0, 0.1) is 0 Å². The molecule has 0 saturated heterocycles. The lowest BCUT2D eigenvalue weighted by atomic mass is 10.0. The van der Waals surface area contributed by atoms with Crippen LogP contribution in [0.1, 0.15) is 186 Å². The third kappa shape index (κ3) is 22.4. The molecule has 210 valence electrons. The van der Waals surface area contributed by atoms with Gasteiger partial charge in [-0.1, -0.05) is 162 Å². The van der Waals surface area contributed by atoms with E-state index < -0.39 is 0 Å². The van der Waals surface area contributed by atoms with E-state index in [1.54, 1.807) is 0 Å². The largest absolute Gasteiger partial charge is 0.205 e. The number of aromatic nitrogens is 1. The zero-order valence-electron chi connectivity index (χ0n) is 25.1. The number of hydrogen-bond acceptors (Lipinski definition) is 0. The summed E-state index contributed by atoms with van der Waals surface area (Å²) in [6.07, 6.45) is 43.2. The Bertz CT molecular complexity index is 534. The normalized spacial score (nSPS) is 11.4. The summed E-state index contributed by atoms with van der Waals surface area (Å²) >= 11 is 0. The van der Waals surface area contributed by atoms with Crippen molar-refractivity contribution in [1.82, 2.24) is 0 Å². The predicted molar refractivity (Wildman–Crippen MR) is 162 cm³/mol. The van der Waals surface area contributed by atoms with E-state index in [-0.39, 0.29) is 0 Å². The average Bonchev–Trinajstić information content (AvgIpc) is 2.90. The lowest BCUT2D eigenvalue weighted by Crippen LogP contribution is -2.32. The molecule has 0 amide bonds. The second-order valence-electron chi connectivity index (χ2n) is 11.7. The maximum atomic E-state index is 2.39. The van der Waals surface area contributed by atoms with Gasteiger partial charge in [0.1, 0.15) is 6.54 Å². The summed E-state index contributed by atoms with van der Waals surface area (Å²) in [5.41, 5.74) is 1.53. The fourth-order valence-electron chi connectivity index (χ4n) is 5.46. The summed E-state index contributed by atoms with van der Waals surface area (Å²) in [4.78, 5) is 0. The van der Waals surface area contributed by atoms with E-state index in [9.17, 15) is 0 Å². The van der Waals surface area contributed by atoms with Crippen LogP contribution in [0.3, 0.4) is 0 Å². The van der Waals surface area contributed by atoms with Crippen molar-refractivity contribution < 1.29 is 4.57 Å². The highest BCUT2D eigenvalue weighted by Gasteiger charge is 2.02. The predicted octanol–water partition coefficient (Wildman–Crippen LogP) is 11.7. The first-order valence-electron chi connectivity index (χ1n) is 16.8. The molecule has 0 N–H and O–H groups in total. The maximum absolute atomic E-state index is 2.39. The quantitative estimate of drug-likeness (QED) is 0.0795. The number of rotatable bonds is 28. The van der Waals surface area contributed by atoms with Gasteiger partial charge in [0.05, 0.1) is 0 Å². The van der Waals surface area contributed by atoms with Crippen molar-refractivity contribution in [3.8, 4) is 0 Å². The standard InChI is InChI=1S/C35H66N/c1-3-5-7-9-11-13-15-16-17-18-19-20-22-24-26-28-32-36-33-30-35(31-34-36)29-27-25-23-21-14-12-10-8-6-4-2/h30-31,33-34H,3-29,32H2,1-2H3/q+1. The molecule has 0 saturated carbocycles. The van der Waals surface area contributed by atoms with Crippen molar-refractivity contribution in [1.29, 1.82) is 0 Å². The number of pyridine rings is 1. The summed E-state index contributed by atoms with van der Waals surface area (Å²) in [7, 11) is 0. The highest BCUT2D eigenvalue weighted by Crippen LogP contribution is 2.14. The molecule has 0 spiro atoms. The molecule has 1 aromatic rings. The minimum Gasteiger partial charge on any atom is -0.205 e. The lowest BCUT2D eigenvalue weighted by Gasteiger charge is -2.04. The zero-order valence-corrected chi connectivity index (χ0v) is 25.1. The van der Waals surface area contributed by atoms with E-state index in [1.165, 1.54) is 185 Å². The molecular weight excluding hydrogens is 434 g/mol. The Kier molecular flexibility index (Phi) is 25.1. The third-order valence-corrected chi connectivity index (χ3v) is 8.05. The number of aryl methyl sites for hydroxylation is 2. The summed E-state index contributed by atoms with van der Waals surface area (Å²) in [6.45, 7) is 5.79. The monoisotopic (exact) mass is 501 g/mol. The summed E-state index contributed by atoms with van der Waals surface area (Å²) in [5, 5.41) is 0. The van der Waals surface area contributed by atoms with E-state index in [4.69, 9.17) is 0 Å². The van der Waals surface area contributed by atoms with Gasteiger partial charge in [-0.2, -0.15) is 0 Å². The minimum absolute atomic E-state index is 1.19. The molecule has 0 fully saturated rings. The van der Waals surface area contributed by atoms with Crippen LogP contribution in [-0.2, 0) is 13.0 Å². The van der Waals surface area contributed by atoms with Crippen molar-refractivity contribution in [2.75, 3.05) is 0 Å². The Hall–Kier alpha value is -0.850. The van der Waals surface area contributed by atoms with Crippen LogP contribution in [0.4, 0.5) is 0 Å². The molecule has 0 aliphatic rings. The van der Waals surface area contributed by atoms with Crippen molar-refractivity contribution in [2.45, 2.75) is 194 Å². The Morgan fingerprint density at radius 2 is 0.694 bits per heavy atom. The van der Waals surface area contributed by atoms with Crippen molar-refractivity contribution in [3.63, 3.8) is 0 Å². The molecule has 1 heteroatoms. The Morgan fingerprint density at radius 3 is 1.06 bits per heavy atom. The van der Waals surface area contributed by atoms with Gasteiger partial charge >= 0.3 is 0 Å². The minimum atomic E-state index is 1.19. The number of nitrogens with zero attached hydrogens (tertiary/aromatic N) is 1. The van der Waals surface area contributed by atoms with Gasteiger partial charge in [-0.05, 0) is 24.8 Å². The van der Waals surface area contributed by atoms with Gasteiger partial charge in [0.25, 0.3) is 0 Å². The molecule has 1 heterocycles. The van der Waals surface area contributed by atoms with Crippen LogP contribution >= 0.6 is 0 Å². The Labute approximate surface area is 228 Å². The molecule has 1 aromatic heterocycles. The number of hydrogen-bond donors (Lipinski definition) is 0. The van der Waals surface area contributed by atoms with Gasteiger partial charge in [0.15, 0.2) is 12.4 Å². The topological polar surface area (TPSA) is 3.88 Å².